The molecule has 34 heavy (non-hydrogen) atoms. The van der Waals surface area contributed by atoms with Crippen molar-refractivity contribution in [3.05, 3.63) is 40.9 Å². The zero-order valence-corrected chi connectivity index (χ0v) is 23.3. The molecule has 0 saturated heterocycles. The van der Waals surface area contributed by atoms with Crippen LogP contribution in [-0.2, 0) is 0 Å². The third-order valence-corrected chi connectivity index (χ3v) is 12.1. The second-order valence-corrected chi connectivity index (χ2v) is 14.2. The molecule has 1 aromatic carbocycles. The summed E-state index contributed by atoms with van der Waals surface area (Å²) in [4.78, 5) is 0. The molecule has 0 amide bonds. The molecule has 1 aromatic rings. The lowest BCUT2D eigenvalue weighted by Crippen LogP contribution is -2.52. The Bertz CT molecular complexity index is 898. The number of benzene rings is 1. The van der Waals surface area contributed by atoms with Crippen LogP contribution in [0.3, 0.4) is 0 Å². The van der Waals surface area contributed by atoms with Crippen molar-refractivity contribution in [1.29, 1.82) is 0 Å². The summed E-state index contributed by atoms with van der Waals surface area (Å²) in [5.74, 6) is 6.46. The number of hydrogen-bond acceptors (Lipinski definition) is 0. The Hall–Kier alpha value is -0.750. The van der Waals surface area contributed by atoms with Gasteiger partial charge in [-0.1, -0.05) is 89.8 Å². The summed E-state index contributed by atoms with van der Waals surface area (Å²) in [6.07, 6.45) is 18.3. The highest BCUT2D eigenvalue weighted by Crippen LogP contribution is 2.68. The van der Waals surface area contributed by atoms with Crippen LogP contribution in [0.25, 0.3) is 5.57 Å². The maximum atomic E-state index is 6.60. The van der Waals surface area contributed by atoms with Gasteiger partial charge in [0.2, 0.25) is 0 Å². The average molecular weight is 481 g/mol. The van der Waals surface area contributed by atoms with Gasteiger partial charge in [0.15, 0.2) is 0 Å². The Morgan fingerprint density at radius 3 is 2.44 bits per heavy atom. The molecular formula is C33H49Cl. The summed E-state index contributed by atoms with van der Waals surface area (Å²) in [6.45, 7) is 12.8. The first-order valence-corrected chi connectivity index (χ1v) is 15.1. The van der Waals surface area contributed by atoms with Gasteiger partial charge in [0.1, 0.15) is 0 Å². The monoisotopic (exact) mass is 480 g/mol. The summed E-state index contributed by atoms with van der Waals surface area (Å²) in [6, 6.07) is 8.50. The van der Waals surface area contributed by atoms with E-state index in [1.54, 1.807) is 0 Å². The van der Waals surface area contributed by atoms with Crippen molar-refractivity contribution in [1.82, 2.24) is 0 Å². The van der Waals surface area contributed by atoms with Crippen molar-refractivity contribution in [2.75, 3.05) is 0 Å². The van der Waals surface area contributed by atoms with Gasteiger partial charge in [-0.2, -0.15) is 0 Å². The van der Waals surface area contributed by atoms with Gasteiger partial charge >= 0.3 is 0 Å². The van der Waals surface area contributed by atoms with E-state index in [4.69, 9.17) is 11.6 Å². The second-order valence-electron chi connectivity index (χ2n) is 13.8. The van der Waals surface area contributed by atoms with Crippen LogP contribution in [0.2, 0.25) is 5.02 Å². The van der Waals surface area contributed by atoms with Gasteiger partial charge in [0.25, 0.3) is 0 Å². The summed E-state index contributed by atoms with van der Waals surface area (Å²) in [5.41, 5.74) is 3.91. The minimum Gasteiger partial charge on any atom is -0.0837 e. The molecule has 0 nitrogen and oxygen atoms in total. The fraction of sp³-hybridized carbons (Fsp3) is 0.758. The lowest BCUT2D eigenvalue weighted by Gasteiger charge is -2.60. The standard InChI is InChI=1S/C33H49Cl/c1-22(2)9-8-10-23(3)28-15-16-29-27-14-13-25-21-24(26-11-6-7-12-31(26)34)17-19-32(25,4)30(27)18-20-33(28,29)5/h6-7,11-12,17,22-23,25,27-30H,8-10,13-16,18-21H2,1-5H3/t23-,25+,27+,28+,29+,30-,32-,33+/m0/s1. The van der Waals surface area contributed by atoms with Gasteiger partial charge in [-0.3, -0.25) is 0 Å². The van der Waals surface area contributed by atoms with E-state index < -0.39 is 0 Å². The molecule has 5 rings (SSSR count). The van der Waals surface area contributed by atoms with E-state index in [9.17, 15) is 0 Å². The highest BCUT2D eigenvalue weighted by molar-refractivity contribution is 6.32. The highest BCUT2D eigenvalue weighted by atomic mass is 35.5. The van der Waals surface area contributed by atoms with Gasteiger partial charge in [-0.25, -0.2) is 0 Å². The summed E-state index contributed by atoms with van der Waals surface area (Å²) in [5, 5.41) is 0.930. The van der Waals surface area contributed by atoms with Crippen LogP contribution in [0.1, 0.15) is 111 Å². The van der Waals surface area contributed by atoms with E-state index >= 15 is 0 Å². The predicted octanol–water partition coefficient (Wildman–Crippen LogP) is 10.5. The molecule has 0 aromatic heterocycles. The van der Waals surface area contributed by atoms with Gasteiger partial charge in [-0.05, 0) is 121 Å². The lowest BCUT2D eigenvalue weighted by atomic mass is 9.44. The Labute approximate surface area is 215 Å². The molecule has 4 aliphatic carbocycles. The number of allylic oxidation sites excluding steroid dienone is 2. The Morgan fingerprint density at radius 1 is 0.912 bits per heavy atom. The molecule has 0 radical (unpaired) electrons. The van der Waals surface area contributed by atoms with Crippen LogP contribution in [0.15, 0.2) is 30.3 Å². The molecule has 0 unspecified atom stereocenters. The third-order valence-electron chi connectivity index (χ3n) is 11.7. The Balaban J connectivity index is 1.31. The van der Waals surface area contributed by atoms with Gasteiger partial charge in [-0.15, -0.1) is 0 Å². The Morgan fingerprint density at radius 2 is 1.68 bits per heavy atom. The van der Waals surface area contributed by atoms with E-state index in [0.29, 0.717) is 10.8 Å². The SMILES string of the molecule is CC(C)CCC[C@H](C)[C@H]1CC[C@@H]2[C@H]3CC[C@@H]4CC(c5ccccc5Cl)=CC[C@]4(C)[C@H]3CC[C@@]21C. The molecule has 3 fully saturated rings. The minimum absolute atomic E-state index is 0.496. The van der Waals surface area contributed by atoms with Crippen molar-refractivity contribution in [2.45, 2.75) is 105 Å². The molecule has 3 saturated carbocycles. The first-order chi connectivity index (χ1) is 16.2. The van der Waals surface area contributed by atoms with Gasteiger partial charge < -0.3 is 0 Å². The van der Waals surface area contributed by atoms with E-state index in [2.05, 4.69) is 65.0 Å². The summed E-state index contributed by atoms with van der Waals surface area (Å²) < 4.78 is 0. The minimum atomic E-state index is 0.496. The van der Waals surface area contributed by atoms with Crippen LogP contribution in [0.5, 0.6) is 0 Å². The van der Waals surface area contributed by atoms with Crippen LogP contribution in [0.4, 0.5) is 0 Å². The van der Waals surface area contributed by atoms with Gasteiger partial charge in [0, 0.05) is 5.02 Å². The zero-order valence-electron chi connectivity index (χ0n) is 22.6. The zero-order chi connectivity index (χ0) is 24.1. The van der Waals surface area contributed by atoms with Crippen molar-refractivity contribution in [2.24, 2.45) is 52.3 Å². The van der Waals surface area contributed by atoms with Crippen molar-refractivity contribution in [3.8, 4) is 0 Å². The average Bonchev–Trinajstić information content (AvgIpc) is 3.16. The van der Waals surface area contributed by atoms with Crippen LogP contribution >= 0.6 is 11.6 Å². The molecule has 0 N–H and O–H groups in total. The maximum Gasteiger partial charge on any atom is 0.0481 e. The Kier molecular flexibility index (Phi) is 7.04. The van der Waals surface area contributed by atoms with Crippen molar-refractivity contribution in [3.63, 3.8) is 0 Å². The summed E-state index contributed by atoms with van der Waals surface area (Å²) in [7, 11) is 0. The predicted molar refractivity (Wildman–Crippen MR) is 148 cm³/mol. The van der Waals surface area contributed by atoms with E-state index in [1.807, 2.05) is 0 Å². The van der Waals surface area contributed by atoms with Crippen molar-refractivity contribution >= 4 is 17.2 Å². The van der Waals surface area contributed by atoms with Gasteiger partial charge in [0.05, 0.1) is 0 Å². The maximum absolute atomic E-state index is 6.60. The second kappa shape index (κ2) is 9.61. The quantitative estimate of drug-likeness (QED) is 0.379. The smallest absolute Gasteiger partial charge is 0.0481 e. The van der Waals surface area contributed by atoms with Crippen molar-refractivity contribution < 1.29 is 0 Å². The lowest BCUT2D eigenvalue weighted by molar-refractivity contribution is -0.0999. The van der Waals surface area contributed by atoms with Crippen LogP contribution in [0, 0.1) is 52.3 Å². The summed E-state index contributed by atoms with van der Waals surface area (Å²) >= 11 is 6.60. The number of hydrogen-bond donors (Lipinski definition) is 0. The molecule has 1 heteroatoms. The van der Waals surface area contributed by atoms with E-state index in [1.165, 1.54) is 81.8 Å². The fourth-order valence-corrected chi connectivity index (χ4v) is 10.1. The first-order valence-electron chi connectivity index (χ1n) is 14.7. The topological polar surface area (TPSA) is 0 Å². The largest absolute Gasteiger partial charge is 0.0837 e. The molecule has 0 spiro atoms. The highest BCUT2D eigenvalue weighted by Gasteiger charge is 2.60. The molecule has 4 aliphatic rings. The van der Waals surface area contributed by atoms with Crippen LogP contribution < -0.4 is 0 Å². The molecule has 0 aliphatic heterocycles. The van der Waals surface area contributed by atoms with E-state index in [-0.39, 0.29) is 0 Å². The van der Waals surface area contributed by atoms with E-state index in [0.717, 1.165) is 46.4 Å². The molecule has 8 atom stereocenters. The normalized spacial score (nSPS) is 40.3. The molecule has 188 valence electrons. The molecule has 0 heterocycles. The molecular weight excluding hydrogens is 432 g/mol. The third kappa shape index (κ3) is 4.23. The molecule has 0 bridgehead atoms. The fourth-order valence-electron chi connectivity index (χ4n) is 9.85. The van der Waals surface area contributed by atoms with Crippen LogP contribution in [-0.4, -0.2) is 0 Å². The first kappa shape index (κ1) is 24.9. The number of halogens is 1. The number of fused-ring (bicyclic) bond motifs is 5. The number of rotatable bonds is 6.